The molecule has 0 radical (unpaired) electrons. The van der Waals surface area contributed by atoms with Crippen LogP contribution in [0.1, 0.15) is 61.7 Å². The van der Waals surface area contributed by atoms with Gasteiger partial charge in [0.05, 0.1) is 30.2 Å². The van der Waals surface area contributed by atoms with Gasteiger partial charge in [0.2, 0.25) is 0 Å². The van der Waals surface area contributed by atoms with Crippen molar-refractivity contribution < 1.29 is 10.2 Å². The Hall–Kier alpha value is -1.39. The highest BCUT2D eigenvalue weighted by atomic mass is 16.3. The molecule has 4 heteroatoms. The Bertz CT molecular complexity index is 639. The molecule has 0 saturated heterocycles. The maximum Gasteiger partial charge on any atom is 0.0992 e. The van der Waals surface area contributed by atoms with Gasteiger partial charge in [0.25, 0.3) is 0 Å². The van der Waals surface area contributed by atoms with Crippen LogP contribution in [0.5, 0.6) is 0 Å². The van der Waals surface area contributed by atoms with Crippen LogP contribution in [-0.2, 0) is 0 Å². The van der Waals surface area contributed by atoms with E-state index >= 15 is 0 Å². The lowest BCUT2D eigenvalue weighted by Gasteiger charge is -2.30. The van der Waals surface area contributed by atoms with Crippen LogP contribution < -0.4 is 0 Å². The van der Waals surface area contributed by atoms with E-state index in [-0.39, 0.29) is 12.0 Å². The first kappa shape index (κ1) is 13.3. The zero-order chi connectivity index (χ0) is 14.4. The van der Waals surface area contributed by atoms with Crippen LogP contribution in [0.15, 0.2) is 24.8 Å². The molecule has 0 bridgehead atoms. The van der Waals surface area contributed by atoms with Crippen molar-refractivity contribution in [2.24, 2.45) is 5.92 Å². The molecule has 21 heavy (non-hydrogen) atoms. The number of aliphatic hydroxyl groups excluding tert-OH is 2. The van der Waals surface area contributed by atoms with Crippen LogP contribution in [-0.4, -0.2) is 25.7 Å². The maximum absolute atomic E-state index is 11.0. The van der Waals surface area contributed by atoms with Crippen LogP contribution in [0.4, 0.5) is 0 Å². The number of imidazole rings is 1. The molecule has 4 nitrogen and oxygen atoms in total. The van der Waals surface area contributed by atoms with Crippen LogP contribution >= 0.6 is 0 Å². The summed E-state index contributed by atoms with van der Waals surface area (Å²) in [6.07, 6.45) is 11.0. The second kappa shape index (κ2) is 5.11. The normalized spacial score (nSPS) is 27.9. The highest BCUT2D eigenvalue weighted by Crippen LogP contribution is 2.46. The Morgan fingerprint density at radius 1 is 1.14 bits per heavy atom. The zero-order valence-corrected chi connectivity index (χ0v) is 12.2. The largest absolute Gasteiger partial charge is 0.393 e. The van der Waals surface area contributed by atoms with Crippen molar-refractivity contribution in [1.29, 1.82) is 0 Å². The van der Waals surface area contributed by atoms with Gasteiger partial charge in [-0.2, -0.15) is 0 Å². The van der Waals surface area contributed by atoms with Crippen LogP contribution in [0.3, 0.4) is 0 Å². The highest BCUT2D eigenvalue weighted by molar-refractivity contribution is 5.59. The minimum absolute atomic E-state index is 0.179. The Labute approximate surface area is 124 Å². The molecule has 2 saturated carbocycles. The highest BCUT2D eigenvalue weighted by Gasteiger charge is 2.33. The number of fused-ring (bicyclic) bond motifs is 1. The number of aromatic nitrogens is 2. The summed E-state index contributed by atoms with van der Waals surface area (Å²) < 4.78 is 2.00. The standard InChI is InChI=1S/C17H22N2O2/c20-13-5-3-12(4-6-13)17(21)16-14(11-1-2-11)7-8-19-10-18-9-15(16)19/h7-13,17,20-21H,1-6H2. The maximum atomic E-state index is 11.0. The molecule has 0 aliphatic heterocycles. The zero-order valence-electron chi connectivity index (χ0n) is 12.2. The molecule has 0 spiro atoms. The number of nitrogens with zero attached hydrogens (tertiary/aromatic N) is 2. The molecule has 0 aromatic carbocycles. The van der Waals surface area contributed by atoms with E-state index in [1.165, 1.54) is 18.4 Å². The molecule has 2 aliphatic rings. The fourth-order valence-corrected chi connectivity index (χ4v) is 3.76. The molecular formula is C17H22N2O2. The molecule has 2 aliphatic carbocycles. The number of hydrogen-bond donors (Lipinski definition) is 2. The number of hydrogen-bond acceptors (Lipinski definition) is 3. The van der Waals surface area contributed by atoms with Crippen molar-refractivity contribution in [3.63, 3.8) is 0 Å². The van der Waals surface area contributed by atoms with Crippen molar-refractivity contribution in [2.45, 2.75) is 56.7 Å². The molecule has 4 rings (SSSR count). The van der Waals surface area contributed by atoms with E-state index < -0.39 is 6.10 Å². The lowest BCUT2D eigenvalue weighted by Crippen LogP contribution is -2.24. The monoisotopic (exact) mass is 286 g/mol. The summed E-state index contributed by atoms with van der Waals surface area (Å²) >= 11 is 0. The smallest absolute Gasteiger partial charge is 0.0992 e. The summed E-state index contributed by atoms with van der Waals surface area (Å²) in [5, 5.41) is 20.7. The second-order valence-corrected chi connectivity index (χ2v) is 6.66. The Kier molecular flexibility index (Phi) is 3.23. The van der Waals surface area contributed by atoms with E-state index in [0.29, 0.717) is 5.92 Å². The van der Waals surface area contributed by atoms with E-state index in [2.05, 4.69) is 17.2 Å². The first-order chi connectivity index (χ1) is 10.2. The minimum atomic E-state index is -0.437. The van der Waals surface area contributed by atoms with E-state index in [0.717, 1.165) is 36.8 Å². The van der Waals surface area contributed by atoms with Gasteiger partial charge in [0.1, 0.15) is 0 Å². The predicted octanol–water partition coefficient (Wildman–Crippen LogP) is 2.80. The number of rotatable bonds is 3. The van der Waals surface area contributed by atoms with Gasteiger partial charge in [-0.25, -0.2) is 4.98 Å². The Morgan fingerprint density at radius 3 is 2.62 bits per heavy atom. The van der Waals surface area contributed by atoms with Gasteiger partial charge in [0.15, 0.2) is 0 Å². The first-order valence-electron chi connectivity index (χ1n) is 8.04. The molecular weight excluding hydrogens is 264 g/mol. The Morgan fingerprint density at radius 2 is 1.90 bits per heavy atom. The van der Waals surface area contributed by atoms with Crippen LogP contribution in [0, 0.1) is 5.92 Å². The molecule has 1 unspecified atom stereocenters. The van der Waals surface area contributed by atoms with Crippen molar-refractivity contribution in [3.8, 4) is 0 Å². The average molecular weight is 286 g/mol. The Balaban J connectivity index is 1.73. The summed E-state index contributed by atoms with van der Waals surface area (Å²) in [4.78, 5) is 4.23. The van der Waals surface area contributed by atoms with Gasteiger partial charge in [-0.1, -0.05) is 0 Å². The van der Waals surface area contributed by atoms with Crippen molar-refractivity contribution in [3.05, 3.63) is 35.9 Å². The quantitative estimate of drug-likeness (QED) is 0.912. The lowest BCUT2D eigenvalue weighted by atomic mass is 9.80. The average Bonchev–Trinajstić information content (AvgIpc) is 3.23. The van der Waals surface area contributed by atoms with E-state index in [4.69, 9.17) is 0 Å². The molecule has 2 aromatic rings. The summed E-state index contributed by atoms with van der Waals surface area (Å²) in [5.74, 6) is 0.871. The predicted molar refractivity (Wildman–Crippen MR) is 80.1 cm³/mol. The fourth-order valence-electron chi connectivity index (χ4n) is 3.76. The van der Waals surface area contributed by atoms with E-state index in [9.17, 15) is 10.2 Å². The van der Waals surface area contributed by atoms with Gasteiger partial charge < -0.3 is 14.6 Å². The van der Waals surface area contributed by atoms with Gasteiger partial charge in [0, 0.05) is 11.8 Å². The summed E-state index contributed by atoms with van der Waals surface area (Å²) in [5.41, 5.74) is 3.43. The number of pyridine rings is 1. The van der Waals surface area contributed by atoms with Crippen molar-refractivity contribution in [2.75, 3.05) is 0 Å². The van der Waals surface area contributed by atoms with E-state index in [1.54, 1.807) is 6.33 Å². The lowest BCUT2D eigenvalue weighted by molar-refractivity contribution is 0.0415. The first-order valence-corrected chi connectivity index (χ1v) is 8.04. The SMILES string of the molecule is OC1CCC(C(O)c2c(C3CC3)ccn3cncc23)CC1. The minimum Gasteiger partial charge on any atom is -0.393 e. The van der Waals surface area contributed by atoms with Crippen LogP contribution in [0.2, 0.25) is 0 Å². The third-order valence-electron chi connectivity index (χ3n) is 5.17. The molecule has 1 atom stereocenters. The molecule has 112 valence electrons. The van der Waals surface area contributed by atoms with Crippen molar-refractivity contribution >= 4 is 5.52 Å². The van der Waals surface area contributed by atoms with Gasteiger partial charge in [-0.15, -0.1) is 0 Å². The summed E-state index contributed by atoms with van der Waals surface area (Å²) in [7, 11) is 0. The van der Waals surface area contributed by atoms with E-state index in [1.807, 2.05) is 10.6 Å². The number of aliphatic hydroxyl groups is 2. The molecule has 2 fully saturated rings. The van der Waals surface area contributed by atoms with Gasteiger partial charge in [-0.3, -0.25) is 0 Å². The van der Waals surface area contributed by atoms with Gasteiger partial charge >= 0.3 is 0 Å². The van der Waals surface area contributed by atoms with Crippen LogP contribution in [0.25, 0.3) is 5.52 Å². The third-order valence-corrected chi connectivity index (χ3v) is 5.17. The molecule has 0 amide bonds. The topological polar surface area (TPSA) is 57.8 Å². The molecule has 2 aromatic heterocycles. The summed E-state index contributed by atoms with van der Waals surface area (Å²) in [6, 6.07) is 2.16. The third kappa shape index (κ3) is 2.36. The van der Waals surface area contributed by atoms with Crippen molar-refractivity contribution in [1.82, 2.24) is 9.38 Å². The second-order valence-electron chi connectivity index (χ2n) is 6.66. The summed E-state index contributed by atoms with van der Waals surface area (Å²) in [6.45, 7) is 0. The fraction of sp³-hybridized carbons (Fsp3) is 0.588. The molecule has 2 heterocycles. The molecule has 2 N–H and O–H groups in total. The van der Waals surface area contributed by atoms with Gasteiger partial charge in [-0.05, 0) is 62.0 Å².